The molecule has 62 valence electrons. The van der Waals surface area contributed by atoms with Gasteiger partial charge in [0.2, 0.25) is 0 Å². The Labute approximate surface area is 68.8 Å². The lowest BCUT2D eigenvalue weighted by atomic mass is 10.1. The fraction of sp³-hybridized carbons (Fsp3) is 1.00. The molecule has 0 unspecified atom stereocenters. The largest absolute Gasteiger partial charge is 0.328 e. The van der Waals surface area contributed by atoms with E-state index in [-0.39, 0.29) is 0 Å². The Kier molecular flexibility index (Phi) is 7.65. The average molecular weight is 161 g/mol. The van der Waals surface area contributed by atoms with Crippen molar-refractivity contribution in [3.05, 3.63) is 0 Å². The number of hydrogen-bond acceptors (Lipinski definition) is 2. The Bertz CT molecular complexity index is 58.3. The number of nitrogens with two attached hydrogens (primary N) is 1. The minimum absolute atomic E-state index is 0.451. The van der Waals surface area contributed by atoms with Gasteiger partial charge in [0.15, 0.2) is 0 Å². The second kappa shape index (κ2) is 7.42. The van der Waals surface area contributed by atoms with Crippen molar-refractivity contribution in [1.29, 1.82) is 0 Å². The monoisotopic (exact) mass is 161 g/mol. The van der Waals surface area contributed by atoms with E-state index in [1.165, 1.54) is 31.4 Å². The summed E-state index contributed by atoms with van der Waals surface area (Å²) in [7, 11) is 0. The Morgan fingerprint density at radius 2 is 2.10 bits per heavy atom. The summed E-state index contributed by atoms with van der Waals surface area (Å²) in [5.74, 6) is 1.21. The first-order chi connectivity index (χ1) is 4.81. The van der Waals surface area contributed by atoms with Crippen LogP contribution in [-0.4, -0.2) is 18.1 Å². The Morgan fingerprint density at radius 1 is 1.40 bits per heavy atom. The van der Waals surface area contributed by atoms with Gasteiger partial charge in [0.1, 0.15) is 0 Å². The van der Waals surface area contributed by atoms with Crippen LogP contribution in [0.3, 0.4) is 0 Å². The maximum Gasteiger partial charge on any atom is 0.00466 e. The second-order valence-electron chi connectivity index (χ2n) is 2.68. The highest BCUT2D eigenvalue weighted by Gasteiger charge is 1.99. The topological polar surface area (TPSA) is 26.0 Å². The molecule has 0 radical (unpaired) electrons. The zero-order valence-corrected chi connectivity index (χ0v) is 7.91. The number of unbranched alkanes of at least 4 members (excludes halogenated alkanes) is 1. The third kappa shape index (κ3) is 6.43. The molecular weight excluding hydrogens is 142 g/mol. The van der Waals surface area contributed by atoms with Crippen molar-refractivity contribution >= 4 is 11.8 Å². The van der Waals surface area contributed by atoms with E-state index in [1.54, 1.807) is 0 Å². The molecular formula is C8H19NS. The van der Waals surface area contributed by atoms with E-state index in [2.05, 4.69) is 13.2 Å². The van der Waals surface area contributed by atoms with E-state index < -0.39 is 0 Å². The minimum Gasteiger partial charge on any atom is -0.328 e. The maximum atomic E-state index is 5.83. The number of thioether (sulfide) groups is 1. The van der Waals surface area contributed by atoms with Gasteiger partial charge < -0.3 is 5.73 Å². The van der Waals surface area contributed by atoms with Crippen LogP contribution in [0.25, 0.3) is 0 Å². The van der Waals surface area contributed by atoms with E-state index in [4.69, 9.17) is 5.73 Å². The zero-order chi connectivity index (χ0) is 7.82. The van der Waals surface area contributed by atoms with E-state index in [0.717, 1.165) is 0 Å². The van der Waals surface area contributed by atoms with E-state index in [9.17, 15) is 0 Å². The van der Waals surface area contributed by atoms with Gasteiger partial charge in [-0.2, -0.15) is 11.8 Å². The molecule has 0 aromatic carbocycles. The molecule has 0 spiro atoms. The van der Waals surface area contributed by atoms with Crippen LogP contribution in [0.1, 0.15) is 32.6 Å². The summed E-state index contributed by atoms with van der Waals surface area (Å²) in [6.07, 6.45) is 7.08. The zero-order valence-electron chi connectivity index (χ0n) is 7.10. The summed E-state index contributed by atoms with van der Waals surface area (Å²) < 4.78 is 0. The predicted molar refractivity (Wildman–Crippen MR) is 50.5 cm³/mol. The highest BCUT2D eigenvalue weighted by Crippen LogP contribution is 2.04. The molecule has 10 heavy (non-hydrogen) atoms. The summed E-state index contributed by atoms with van der Waals surface area (Å²) in [5.41, 5.74) is 5.83. The van der Waals surface area contributed by atoms with Gasteiger partial charge >= 0.3 is 0 Å². The summed E-state index contributed by atoms with van der Waals surface area (Å²) in [6.45, 7) is 2.21. The molecule has 2 N–H and O–H groups in total. The van der Waals surface area contributed by atoms with Crippen LogP contribution < -0.4 is 5.73 Å². The molecule has 2 heteroatoms. The van der Waals surface area contributed by atoms with Crippen LogP contribution in [0, 0.1) is 0 Å². The van der Waals surface area contributed by atoms with E-state index in [1.807, 2.05) is 11.8 Å². The minimum atomic E-state index is 0.451. The summed E-state index contributed by atoms with van der Waals surface area (Å²) >= 11 is 1.88. The van der Waals surface area contributed by atoms with Crippen LogP contribution in [0.4, 0.5) is 0 Å². The van der Waals surface area contributed by atoms with E-state index >= 15 is 0 Å². The van der Waals surface area contributed by atoms with Gasteiger partial charge in [-0.25, -0.2) is 0 Å². The van der Waals surface area contributed by atoms with Crippen LogP contribution in [0.15, 0.2) is 0 Å². The summed E-state index contributed by atoms with van der Waals surface area (Å²) in [4.78, 5) is 0. The molecule has 0 bridgehead atoms. The SMILES string of the molecule is CCCC[C@H](N)CCSC. The van der Waals surface area contributed by atoms with Crippen molar-refractivity contribution in [2.45, 2.75) is 38.6 Å². The molecule has 1 atom stereocenters. The van der Waals surface area contributed by atoms with Crippen LogP contribution >= 0.6 is 11.8 Å². The lowest BCUT2D eigenvalue weighted by Gasteiger charge is -2.08. The standard InChI is InChI=1S/C8H19NS/c1-3-4-5-8(9)6-7-10-2/h8H,3-7,9H2,1-2H3/t8-/m0/s1. The molecule has 0 rings (SSSR count). The van der Waals surface area contributed by atoms with Gasteiger partial charge in [0.05, 0.1) is 0 Å². The van der Waals surface area contributed by atoms with Crippen molar-refractivity contribution in [1.82, 2.24) is 0 Å². The number of rotatable bonds is 6. The van der Waals surface area contributed by atoms with Gasteiger partial charge in [0.25, 0.3) is 0 Å². The summed E-state index contributed by atoms with van der Waals surface area (Å²) in [6, 6.07) is 0.451. The smallest absolute Gasteiger partial charge is 0.00466 e. The molecule has 0 aromatic heterocycles. The molecule has 0 aliphatic rings. The Hall–Kier alpha value is 0.310. The quantitative estimate of drug-likeness (QED) is 0.646. The van der Waals surface area contributed by atoms with Crippen LogP contribution in [0.2, 0.25) is 0 Å². The van der Waals surface area contributed by atoms with Crippen molar-refractivity contribution in [2.24, 2.45) is 5.73 Å². The van der Waals surface area contributed by atoms with Gasteiger partial charge in [-0.3, -0.25) is 0 Å². The van der Waals surface area contributed by atoms with Crippen molar-refractivity contribution in [3.8, 4) is 0 Å². The first-order valence-corrected chi connectivity index (χ1v) is 5.45. The lowest BCUT2D eigenvalue weighted by molar-refractivity contribution is 0.566. The van der Waals surface area contributed by atoms with Crippen LogP contribution in [-0.2, 0) is 0 Å². The second-order valence-corrected chi connectivity index (χ2v) is 3.67. The van der Waals surface area contributed by atoms with Gasteiger partial charge in [0, 0.05) is 6.04 Å². The third-order valence-corrected chi connectivity index (χ3v) is 2.27. The molecule has 0 aliphatic heterocycles. The van der Waals surface area contributed by atoms with E-state index in [0.29, 0.717) is 6.04 Å². The first-order valence-electron chi connectivity index (χ1n) is 4.05. The fourth-order valence-electron chi connectivity index (χ4n) is 0.880. The van der Waals surface area contributed by atoms with Gasteiger partial charge in [-0.05, 0) is 24.9 Å². The molecule has 0 heterocycles. The normalized spacial score (nSPS) is 13.5. The molecule has 1 nitrogen and oxygen atoms in total. The summed E-state index contributed by atoms with van der Waals surface area (Å²) in [5, 5.41) is 0. The van der Waals surface area contributed by atoms with Crippen LogP contribution in [0.5, 0.6) is 0 Å². The maximum absolute atomic E-state index is 5.83. The Morgan fingerprint density at radius 3 is 2.60 bits per heavy atom. The molecule has 0 fully saturated rings. The first kappa shape index (κ1) is 10.3. The molecule has 0 amide bonds. The average Bonchev–Trinajstić information content (AvgIpc) is 1.97. The van der Waals surface area contributed by atoms with Crippen molar-refractivity contribution < 1.29 is 0 Å². The highest BCUT2D eigenvalue weighted by atomic mass is 32.2. The molecule has 0 aliphatic carbocycles. The molecule has 0 aromatic rings. The van der Waals surface area contributed by atoms with Gasteiger partial charge in [-0.1, -0.05) is 19.8 Å². The van der Waals surface area contributed by atoms with Gasteiger partial charge in [-0.15, -0.1) is 0 Å². The highest BCUT2D eigenvalue weighted by molar-refractivity contribution is 7.98. The predicted octanol–water partition coefficient (Wildman–Crippen LogP) is 2.26. The fourth-order valence-corrected chi connectivity index (χ4v) is 1.42. The molecule has 0 saturated heterocycles. The van der Waals surface area contributed by atoms with Crippen molar-refractivity contribution in [3.63, 3.8) is 0 Å². The lowest BCUT2D eigenvalue weighted by Crippen LogP contribution is -2.20. The molecule has 0 saturated carbocycles. The third-order valence-electron chi connectivity index (χ3n) is 1.62. The number of hydrogen-bond donors (Lipinski definition) is 1. The van der Waals surface area contributed by atoms with Crippen molar-refractivity contribution in [2.75, 3.05) is 12.0 Å². The Balaban J connectivity index is 3.00.